The molecule has 0 heterocycles. The van der Waals surface area contributed by atoms with Gasteiger partial charge in [-0.2, -0.15) is 5.26 Å². The van der Waals surface area contributed by atoms with Gasteiger partial charge in [-0.1, -0.05) is 6.07 Å². The van der Waals surface area contributed by atoms with E-state index in [1.807, 2.05) is 6.92 Å². The molecule has 17 heavy (non-hydrogen) atoms. The van der Waals surface area contributed by atoms with Crippen molar-refractivity contribution in [3.8, 4) is 11.8 Å². The van der Waals surface area contributed by atoms with Gasteiger partial charge in [0.1, 0.15) is 11.6 Å². The second kappa shape index (κ2) is 6.87. The summed E-state index contributed by atoms with van der Waals surface area (Å²) in [5.41, 5.74) is 0.534. The predicted octanol–water partition coefficient (Wildman–Crippen LogP) is 2.79. The Labute approximate surface area is 101 Å². The third-order valence-electron chi connectivity index (χ3n) is 2.58. The SMILES string of the molecule is COc1cccc(F)c1[C@H](C)NCCCC#N. The molecule has 0 aliphatic carbocycles. The predicted molar refractivity (Wildman–Crippen MR) is 64.2 cm³/mol. The third-order valence-corrected chi connectivity index (χ3v) is 2.58. The highest BCUT2D eigenvalue weighted by Gasteiger charge is 2.15. The molecule has 1 atom stereocenters. The number of methoxy groups -OCH3 is 1. The van der Waals surface area contributed by atoms with Crippen molar-refractivity contribution in [2.24, 2.45) is 0 Å². The summed E-state index contributed by atoms with van der Waals surface area (Å²) in [6.45, 7) is 2.57. The zero-order valence-corrected chi connectivity index (χ0v) is 10.2. The smallest absolute Gasteiger partial charge is 0.131 e. The minimum Gasteiger partial charge on any atom is -0.496 e. The summed E-state index contributed by atoms with van der Waals surface area (Å²) >= 11 is 0. The van der Waals surface area contributed by atoms with Gasteiger partial charge in [-0.15, -0.1) is 0 Å². The van der Waals surface area contributed by atoms with Crippen LogP contribution in [0.25, 0.3) is 0 Å². The third kappa shape index (κ3) is 3.72. The summed E-state index contributed by atoms with van der Waals surface area (Å²) in [4.78, 5) is 0. The fourth-order valence-electron chi connectivity index (χ4n) is 1.70. The lowest BCUT2D eigenvalue weighted by atomic mass is 10.1. The number of nitrogens with zero attached hydrogens (tertiary/aromatic N) is 1. The van der Waals surface area contributed by atoms with Gasteiger partial charge in [0.2, 0.25) is 0 Å². The van der Waals surface area contributed by atoms with Crippen molar-refractivity contribution in [3.63, 3.8) is 0 Å². The van der Waals surface area contributed by atoms with Crippen molar-refractivity contribution in [2.75, 3.05) is 13.7 Å². The number of hydrogen-bond donors (Lipinski definition) is 1. The van der Waals surface area contributed by atoms with Gasteiger partial charge in [0.25, 0.3) is 0 Å². The molecule has 0 fully saturated rings. The Balaban J connectivity index is 2.68. The first-order valence-corrected chi connectivity index (χ1v) is 5.63. The normalized spacial score (nSPS) is 11.9. The molecule has 0 aliphatic heterocycles. The molecule has 0 saturated carbocycles. The van der Waals surface area contributed by atoms with Crippen molar-refractivity contribution >= 4 is 0 Å². The lowest BCUT2D eigenvalue weighted by molar-refractivity contribution is 0.393. The number of hydrogen-bond acceptors (Lipinski definition) is 3. The van der Waals surface area contributed by atoms with Gasteiger partial charge in [-0.3, -0.25) is 0 Å². The Morgan fingerprint density at radius 3 is 2.94 bits per heavy atom. The Hall–Kier alpha value is -1.60. The van der Waals surface area contributed by atoms with Crippen LogP contribution in [0.4, 0.5) is 4.39 Å². The Morgan fingerprint density at radius 1 is 1.53 bits per heavy atom. The van der Waals surface area contributed by atoms with Gasteiger partial charge in [-0.25, -0.2) is 4.39 Å². The number of nitrogens with one attached hydrogen (secondary N) is 1. The van der Waals surface area contributed by atoms with Crippen molar-refractivity contribution in [2.45, 2.75) is 25.8 Å². The van der Waals surface area contributed by atoms with Crippen LogP contribution in [-0.4, -0.2) is 13.7 Å². The van der Waals surface area contributed by atoms with E-state index in [2.05, 4.69) is 11.4 Å². The molecule has 0 unspecified atom stereocenters. The van der Waals surface area contributed by atoms with Crippen molar-refractivity contribution < 1.29 is 9.13 Å². The maximum atomic E-state index is 13.7. The van der Waals surface area contributed by atoms with Gasteiger partial charge in [0.15, 0.2) is 0 Å². The molecular weight excluding hydrogens is 219 g/mol. The molecule has 3 nitrogen and oxygen atoms in total. The topological polar surface area (TPSA) is 45.0 Å². The van der Waals surface area contributed by atoms with Gasteiger partial charge in [-0.05, 0) is 32.0 Å². The summed E-state index contributed by atoms with van der Waals surface area (Å²) in [6.07, 6.45) is 1.27. The van der Waals surface area contributed by atoms with E-state index in [9.17, 15) is 4.39 Å². The molecule has 0 aromatic heterocycles. The Kier molecular flexibility index (Phi) is 5.44. The van der Waals surface area contributed by atoms with Crippen molar-refractivity contribution in [1.29, 1.82) is 5.26 Å². The van der Waals surface area contributed by atoms with E-state index >= 15 is 0 Å². The molecular formula is C13H17FN2O. The molecule has 0 saturated heterocycles. The Morgan fingerprint density at radius 2 is 2.29 bits per heavy atom. The summed E-state index contributed by atoms with van der Waals surface area (Å²) in [5.74, 6) is 0.273. The number of unbranched alkanes of at least 4 members (excludes halogenated alkanes) is 1. The minimum absolute atomic E-state index is 0.134. The zero-order chi connectivity index (χ0) is 12.7. The first-order chi connectivity index (χ1) is 8.20. The average Bonchev–Trinajstić information content (AvgIpc) is 2.34. The van der Waals surface area contributed by atoms with E-state index in [0.29, 0.717) is 24.3 Å². The molecule has 1 aromatic carbocycles. The van der Waals surface area contributed by atoms with Crippen molar-refractivity contribution in [3.05, 3.63) is 29.6 Å². The molecule has 1 rings (SSSR count). The fourth-order valence-corrected chi connectivity index (χ4v) is 1.70. The molecule has 4 heteroatoms. The minimum atomic E-state index is -0.273. The summed E-state index contributed by atoms with van der Waals surface area (Å²) in [7, 11) is 1.53. The fraction of sp³-hybridized carbons (Fsp3) is 0.462. The lowest BCUT2D eigenvalue weighted by Crippen LogP contribution is -2.21. The maximum Gasteiger partial charge on any atom is 0.131 e. The number of nitriles is 1. The van der Waals surface area contributed by atoms with Gasteiger partial charge < -0.3 is 10.1 Å². The first-order valence-electron chi connectivity index (χ1n) is 5.63. The van der Waals surface area contributed by atoms with Crippen LogP contribution in [-0.2, 0) is 0 Å². The monoisotopic (exact) mass is 236 g/mol. The number of halogens is 1. The number of ether oxygens (including phenoxy) is 1. The van der Waals surface area contributed by atoms with E-state index in [0.717, 1.165) is 6.42 Å². The van der Waals surface area contributed by atoms with Gasteiger partial charge in [0, 0.05) is 18.0 Å². The lowest BCUT2D eigenvalue weighted by Gasteiger charge is -2.17. The number of benzene rings is 1. The van der Waals surface area contributed by atoms with Crippen LogP contribution in [0.1, 0.15) is 31.4 Å². The van der Waals surface area contributed by atoms with Crippen LogP contribution >= 0.6 is 0 Å². The molecule has 0 amide bonds. The largest absolute Gasteiger partial charge is 0.496 e. The molecule has 0 aliphatic rings. The quantitative estimate of drug-likeness (QED) is 0.772. The highest BCUT2D eigenvalue weighted by Crippen LogP contribution is 2.27. The molecule has 0 radical (unpaired) electrons. The van der Waals surface area contributed by atoms with Crippen molar-refractivity contribution in [1.82, 2.24) is 5.32 Å². The first kappa shape index (κ1) is 13.5. The van der Waals surface area contributed by atoms with E-state index in [1.165, 1.54) is 13.2 Å². The van der Waals surface area contributed by atoms with Crippen LogP contribution in [0.15, 0.2) is 18.2 Å². The second-order valence-electron chi connectivity index (χ2n) is 3.79. The Bertz CT molecular complexity index is 401. The van der Waals surface area contributed by atoms with Crippen LogP contribution in [0, 0.1) is 17.1 Å². The van der Waals surface area contributed by atoms with E-state index in [4.69, 9.17) is 10.00 Å². The van der Waals surface area contributed by atoms with Gasteiger partial charge >= 0.3 is 0 Å². The summed E-state index contributed by atoms with van der Waals surface area (Å²) in [6, 6.07) is 6.73. The average molecular weight is 236 g/mol. The maximum absolute atomic E-state index is 13.7. The summed E-state index contributed by atoms with van der Waals surface area (Å²) in [5, 5.41) is 11.6. The molecule has 1 aromatic rings. The van der Waals surface area contributed by atoms with Crippen LogP contribution in [0.3, 0.4) is 0 Å². The van der Waals surface area contributed by atoms with Crippen LogP contribution < -0.4 is 10.1 Å². The molecule has 92 valence electrons. The molecule has 0 bridgehead atoms. The highest BCUT2D eigenvalue weighted by atomic mass is 19.1. The zero-order valence-electron chi connectivity index (χ0n) is 10.2. The molecule has 1 N–H and O–H groups in total. The standard InChI is InChI=1S/C13H17FN2O/c1-10(16-9-4-3-8-15)13-11(14)6-5-7-12(13)17-2/h5-7,10,16H,3-4,9H2,1-2H3/t10-/m0/s1. The van der Waals surface area contributed by atoms with E-state index in [-0.39, 0.29) is 11.9 Å². The van der Waals surface area contributed by atoms with Crippen LogP contribution in [0.2, 0.25) is 0 Å². The summed E-state index contributed by atoms with van der Waals surface area (Å²) < 4.78 is 18.8. The number of rotatable bonds is 6. The molecule has 0 spiro atoms. The second-order valence-corrected chi connectivity index (χ2v) is 3.79. The van der Waals surface area contributed by atoms with E-state index in [1.54, 1.807) is 12.1 Å². The van der Waals surface area contributed by atoms with E-state index < -0.39 is 0 Å². The van der Waals surface area contributed by atoms with Gasteiger partial charge in [0.05, 0.1) is 13.2 Å². The highest BCUT2D eigenvalue weighted by molar-refractivity contribution is 5.36. The van der Waals surface area contributed by atoms with Crippen LogP contribution in [0.5, 0.6) is 5.75 Å².